The highest BCUT2D eigenvalue weighted by molar-refractivity contribution is 7.92. The summed E-state index contributed by atoms with van der Waals surface area (Å²) in [5, 5.41) is 10.3. The largest absolute Gasteiger partial charge is 0.366 e. The second-order valence-corrected chi connectivity index (χ2v) is 8.18. The van der Waals surface area contributed by atoms with Gasteiger partial charge in [-0.25, -0.2) is 18.4 Å². The van der Waals surface area contributed by atoms with Crippen LogP contribution in [0.3, 0.4) is 0 Å². The van der Waals surface area contributed by atoms with Crippen molar-refractivity contribution in [2.45, 2.75) is 20.4 Å². The third-order valence-electron chi connectivity index (χ3n) is 4.38. The first kappa shape index (κ1) is 18.2. The number of nitrogens with zero attached hydrogens (tertiary/aromatic N) is 3. The van der Waals surface area contributed by atoms with Gasteiger partial charge in [0.1, 0.15) is 23.9 Å². The normalized spacial score (nSPS) is 15.8. The Kier molecular flexibility index (Phi) is 4.18. The molecule has 1 aliphatic rings. The number of aromatic nitrogens is 3. The quantitative estimate of drug-likeness (QED) is 0.606. The van der Waals surface area contributed by atoms with Crippen molar-refractivity contribution in [3.8, 4) is 0 Å². The van der Waals surface area contributed by atoms with E-state index in [1.54, 1.807) is 0 Å². The lowest BCUT2D eigenvalue weighted by Crippen LogP contribution is -2.30. The number of carbonyl (C=O) groups excluding carboxylic acids is 1. The number of benzene rings is 1. The number of aryl methyl sites for hydroxylation is 2. The molecule has 1 aliphatic heterocycles. The number of aromatic amines is 1. The fraction of sp³-hybridized carbons (Fsp3) is 0.235. The zero-order valence-corrected chi connectivity index (χ0v) is 15.9. The lowest BCUT2D eigenvalue weighted by molar-refractivity contribution is -0.117. The number of fused-ring (bicyclic) bond motifs is 1. The minimum atomic E-state index is -4.14. The van der Waals surface area contributed by atoms with Crippen LogP contribution in [0, 0.1) is 19.7 Å². The Morgan fingerprint density at radius 1 is 1.29 bits per heavy atom. The second kappa shape index (κ2) is 6.44. The van der Waals surface area contributed by atoms with Crippen LogP contribution in [0.2, 0.25) is 0 Å². The van der Waals surface area contributed by atoms with Gasteiger partial charge in [-0.15, -0.1) is 0 Å². The van der Waals surface area contributed by atoms with Gasteiger partial charge in [0, 0.05) is 17.6 Å². The van der Waals surface area contributed by atoms with Crippen molar-refractivity contribution in [2.75, 3.05) is 16.2 Å². The predicted octanol–water partition coefficient (Wildman–Crippen LogP) is 1.51. The van der Waals surface area contributed by atoms with Gasteiger partial charge in [0.25, 0.3) is 5.91 Å². The molecule has 0 aliphatic carbocycles. The molecule has 0 spiro atoms. The molecule has 0 atom stereocenters. The average Bonchev–Trinajstić information content (AvgIpc) is 3.16. The fourth-order valence-corrected chi connectivity index (χ4v) is 4.45. The molecule has 3 heterocycles. The third-order valence-corrected chi connectivity index (χ3v) is 5.75. The standard InChI is InChI=1S/C17H17FN6O3S/c1-9-3-10(2)21-14(4-9)19-6-11-5-13(18)17(16-12(11)7-20-22-16)24-8-15(25)23-28(24,26)27/h3-5,7H,6,8H2,1-2H3,(H,19,21)(H,20,22)(H,23,25). The van der Waals surface area contributed by atoms with Crippen molar-refractivity contribution in [1.82, 2.24) is 19.9 Å². The molecular weight excluding hydrogens is 387 g/mol. The molecule has 1 aromatic carbocycles. The van der Waals surface area contributed by atoms with Crippen molar-refractivity contribution in [3.05, 3.63) is 47.0 Å². The van der Waals surface area contributed by atoms with Crippen LogP contribution in [0.25, 0.3) is 10.9 Å². The Balaban J connectivity index is 1.72. The highest BCUT2D eigenvalue weighted by atomic mass is 32.2. The summed E-state index contributed by atoms with van der Waals surface area (Å²) < 4.78 is 41.7. The van der Waals surface area contributed by atoms with E-state index in [4.69, 9.17) is 0 Å². The van der Waals surface area contributed by atoms with Gasteiger partial charge in [0.15, 0.2) is 0 Å². The lowest BCUT2D eigenvalue weighted by atomic mass is 10.1. The van der Waals surface area contributed by atoms with E-state index >= 15 is 0 Å². The van der Waals surface area contributed by atoms with Crippen LogP contribution in [-0.2, 0) is 21.5 Å². The molecule has 146 valence electrons. The van der Waals surface area contributed by atoms with E-state index in [2.05, 4.69) is 20.5 Å². The molecule has 0 bridgehead atoms. The zero-order chi connectivity index (χ0) is 20.1. The zero-order valence-electron chi connectivity index (χ0n) is 15.1. The third kappa shape index (κ3) is 3.13. The Hall–Kier alpha value is -3.21. The number of rotatable bonds is 4. The van der Waals surface area contributed by atoms with Gasteiger partial charge in [-0.1, -0.05) is 0 Å². The van der Waals surface area contributed by atoms with Crippen LogP contribution in [0.1, 0.15) is 16.8 Å². The number of hydrogen-bond acceptors (Lipinski definition) is 6. The number of nitrogens with one attached hydrogen (secondary N) is 3. The predicted molar refractivity (Wildman–Crippen MR) is 101 cm³/mol. The minimum absolute atomic E-state index is 0.199. The van der Waals surface area contributed by atoms with Gasteiger partial charge in [-0.05, 0) is 43.2 Å². The van der Waals surface area contributed by atoms with Crippen LogP contribution < -0.4 is 14.3 Å². The van der Waals surface area contributed by atoms with Crippen LogP contribution in [0.15, 0.2) is 24.4 Å². The van der Waals surface area contributed by atoms with Crippen LogP contribution in [0.5, 0.6) is 0 Å². The number of carbonyl (C=O) groups is 1. The average molecular weight is 404 g/mol. The highest BCUT2D eigenvalue weighted by Gasteiger charge is 2.37. The molecule has 3 N–H and O–H groups in total. The number of hydrogen-bond donors (Lipinski definition) is 3. The van der Waals surface area contributed by atoms with Gasteiger partial charge >= 0.3 is 10.2 Å². The van der Waals surface area contributed by atoms with E-state index in [0.29, 0.717) is 21.1 Å². The van der Waals surface area contributed by atoms with E-state index in [1.807, 2.05) is 30.7 Å². The van der Waals surface area contributed by atoms with Crippen LogP contribution in [0.4, 0.5) is 15.9 Å². The Morgan fingerprint density at radius 2 is 2.07 bits per heavy atom. The first-order valence-electron chi connectivity index (χ1n) is 8.41. The fourth-order valence-electron chi connectivity index (χ4n) is 3.28. The van der Waals surface area contributed by atoms with Crippen LogP contribution in [-0.4, -0.2) is 36.1 Å². The Labute approximate surface area is 160 Å². The second-order valence-electron chi connectivity index (χ2n) is 6.59. The Bertz CT molecular complexity index is 1190. The number of anilines is 2. The van der Waals surface area contributed by atoms with E-state index in [0.717, 1.165) is 11.3 Å². The highest BCUT2D eigenvalue weighted by Crippen LogP contribution is 2.33. The Morgan fingerprint density at radius 3 is 2.75 bits per heavy atom. The first-order valence-corrected chi connectivity index (χ1v) is 9.85. The molecule has 1 amide bonds. The summed E-state index contributed by atoms with van der Waals surface area (Å²) in [6.07, 6.45) is 1.49. The topological polar surface area (TPSA) is 120 Å². The monoisotopic (exact) mass is 404 g/mol. The molecule has 1 fully saturated rings. The summed E-state index contributed by atoms with van der Waals surface area (Å²) in [6.45, 7) is 3.60. The maximum absolute atomic E-state index is 14.9. The van der Waals surface area contributed by atoms with E-state index in [-0.39, 0.29) is 17.7 Å². The maximum atomic E-state index is 14.9. The molecule has 0 unspecified atom stereocenters. The smallest absolute Gasteiger partial charge is 0.326 e. The van der Waals surface area contributed by atoms with Crippen molar-refractivity contribution in [1.29, 1.82) is 0 Å². The van der Waals surface area contributed by atoms with Gasteiger partial charge < -0.3 is 5.32 Å². The van der Waals surface area contributed by atoms with E-state index in [9.17, 15) is 17.6 Å². The van der Waals surface area contributed by atoms with E-state index in [1.165, 1.54) is 12.3 Å². The van der Waals surface area contributed by atoms with Crippen molar-refractivity contribution < 1.29 is 17.6 Å². The molecule has 3 aromatic rings. The molecule has 9 nitrogen and oxygen atoms in total. The summed E-state index contributed by atoms with van der Waals surface area (Å²) in [5.74, 6) is -0.851. The molecule has 28 heavy (non-hydrogen) atoms. The maximum Gasteiger partial charge on any atom is 0.326 e. The molecular formula is C17H17FN6O3S. The molecule has 0 saturated carbocycles. The summed E-state index contributed by atoms with van der Waals surface area (Å²) >= 11 is 0. The van der Waals surface area contributed by atoms with Crippen LogP contribution >= 0.6 is 0 Å². The molecule has 4 rings (SSSR count). The summed E-state index contributed by atoms with van der Waals surface area (Å²) in [6, 6.07) is 5.05. The lowest BCUT2D eigenvalue weighted by Gasteiger charge is -2.18. The summed E-state index contributed by atoms with van der Waals surface area (Å²) in [5.41, 5.74) is 2.43. The molecule has 1 saturated heterocycles. The first-order chi connectivity index (χ1) is 13.2. The molecule has 2 aromatic heterocycles. The van der Waals surface area contributed by atoms with E-state index < -0.39 is 28.5 Å². The minimum Gasteiger partial charge on any atom is -0.366 e. The van der Waals surface area contributed by atoms with Gasteiger partial charge in [-0.2, -0.15) is 13.5 Å². The van der Waals surface area contributed by atoms with Gasteiger partial charge in [-0.3, -0.25) is 9.89 Å². The van der Waals surface area contributed by atoms with Crippen molar-refractivity contribution in [3.63, 3.8) is 0 Å². The number of H-pyrrole nitrogens is 1. The number of amides is 1. The molecule has 0 radical (unpaired) electrons. The summed E-state index contributed by atoms with van der Waals surface area (Å²) in [4.78, 5) is 15.9. The SMILES string of the molecule is Cc1cc(C)nc(NCc2cc(F)c(N3CC(=O)NS3(=O)=O)c3[nH]ncc23)c1. The number of halogens is 1. The van der Waals surface area contributed by atoms with Crippen molar-refractivity contribution in [2.24, 2.45) is 0 Å². The van der Waals surface area contributed by atoms with Gasteiger partial charge in [0.2, 0.25) is 0 Å². The van der Waals surface area contributed by atoms with Crippen molar-refractivity contribution >= 4 is 38.5 Å². The van der Waals surface area contributed by atoms with Gasteiger partial charge in [0.05, 0.1) is 11.7 Å². The molecule has 11 heteroatoms. The summed E-state index contributed by atoms with van der Waals surface area (Å²) in [7, 11) is -4.14. The number of pyridine rings is 1.